The first-order valence-electron chi connectivity index (χ1n) is 7.42. The third kappa shape index (κ3) is 5.23. The van der Waals surface area contributed by atoms with Crippen LogP contribution in [-0.4, -0.2) is 19.9 Å². The van der Waals surface area contributed by atoms with E-state index in [0.29, 0.717) is 12.0 Å². The third-order valence-corrected chi connectivity index (χ3v) is 5.16. The molecule has 2 aromatic rings. The van der Waals surface area contributed by atoms with Crippen LogP contribution in [0.25, 0.3) is 0 Å². The highest BCUT2D eigenvalue weighted by Gasteiger charge is 2.22. The van der Waals surface area contributed by atoms with Gasteiger partial charge in [-0.15, -0.1) is 12.4 Å². The van der Waals surface area contributed by atoms with E-state index in [1.165, 1.54) is 12.1 Å². The van der Waals surface area contributed by atoms with Gasteiger partial charge in [0.2, 0.25) is 10.0 Å². The molecule has 9 heteroatoms. The van der Waals surface area contributed by atoms with Crippen molar-refractivity contribution in [2.75, 3.05) is 6.54 Å². The van der Waals surface area contributed by atoms with Gasteiger partial charge in [-0.25, -0.2) is 13.1 Å². The van der Waals surface area contributed by atoms with Crippen molar-refractivity contribution >= 4 is 28.1 Å². The number of nitrogens with one attached hydrogen (secondary N) is 1. The van der Waals surface area contributed by atoms with Crippen molar-refractivity contribution in [1.82, 2.24) is 4.72 Å². The monoisotopic (exact) mass is 385 g/mol. The highest BCUT2D eigenvalue weighted by molar-refractivity contribution is 7.89. The number of aryl methyl sites for hydroxylation is 1. The number of rotatable bonds is 7. The van der Waals surface area contributed by atoms with E-state index in [2.05, 4.69) is 4.72 Å². The summed E-state index contributed by atoms with van der Waals surface area (Å²) in [6.07, 6.45) is 0.443. The molecule has 2 aromatic carbocycles. The van der Waals surface area contributed by atoms with E-state index < -0.39 is 21.0 Å². The fourth-order valence-corrected chi connectivity index (χ4v) is 3.68. The number of nitrogens with zero attached hydrogens (tertiary/aromatic N) is 1. The quantitative estimate of drug-likeness (QED) is 0.561. The number of nitro groups is 1. The van der Waals surface area contributed by atoms with E-state index >= 15 is 0 Å². The molecule has 2 rings (SSSR count). The second kappa shape index (κ2) is 8.91. The molecule has 7 nitrogen and oxygen atoms in total. The van der Waals surface area contributed by atoms with E-state index in [0.717, 1.165) is 11.6 Å². The molecule has 0 radical (unpaired) electrons. The van der Waals surface area contributed by atoms with Gasteiger partial charge in [-0.05, 0) is 17.5 Å². The Kier molecular flexibility index (Phi) is 7.50. The van der Waals surface area contributed by atoms with Crippen LogP contribution in [0.4, 0.5) is 5.69 Å². The van der Waals surface area contributed by atoms with Crippen molar-refractivity contribution in [3.63, 3.8) is 0 Å². The highest BCUT2D eigenvalue weighted by atomic mass is 35.5. The summed E-state index contributed by atoms with van der Waals surface area (Å²) in [6, 6.07) is 12.4. The van der Waals surface area contributed by atoms with Gasteiger partial charge in [-0.3, -0.25) is 10.1 Å². The van der Waals surface area contributed by atoms with Crippen LogP contribution < -0.4 is 10.5 Å². The number of non-ortho nitro benzene ring substituents is 1. The summed E-state index contributed by atoms with van der Waals surface area (Å²) < 4.78 is 27.5. The van der Waals surface area contributed by atoms with E-state index in [-0.39, 0.29) is 29.5 Å². The zero-order chi connectivity index (χ0) is 17.7. The van der Waals surface area contributed by atoms with Gasteiger partial charge in [-0.2, -0.15) is 0 Å². The molecule has 0 aliphatic carbocycles. The molecule has 1 atom stereocenters. The number of nitro benzene ring substituents is 1. The van der Waals surface area contributed by atoms with Gasteiger partial charge in [0.15, 0.2) is 0 Å². The smallest absolute Gasteiger partial charge is 0.270 e. The standard InChI is InChI=1S/C16H19N3O4S.ClH/c1-2-12-8-9-14(19(20)21)10-16(12)24(22,23)18-11-15(17)13-6-4-3-5-7-13;/h3-10,15,18H,2,11,17H2,1H3;1H. The Labute approximate surface area is 152 Å². The Hall–Kier alpha value is -2.00. The summed E-state index contributed by atoms with van der Waals surface area (Å²) in [5.41, 5.74) is 7.05. The topological polar surface area (TPSA) is 115 Å². The molecule has 0 spiro atoms. The van der Waals surface area contributed by atoms with Crippen LogP contribution in [0.1, 0.15) is 24.1 Å². The molecule has 0 amide bonds. The number of nitrogens with two attached hydrogens (primary N) is 1. The maximum absolute atomic E-state index is 12.5. The zero-order valence-corrected chi connectivity index (χ0v) is 15.2. The van der Waals surface area contributed by atoms with Gasteiger partial charge in [0.1, 0.15) is 0 Å². The SMILES string of the molecule is CCc1ccc([N+](=O)[O-])cc1S(=O)(=O)NCC(N)c1ccccc1.Cl. The lowest BCUT2D eigenvalue weighted by molar-refractivity contribution is -0.385. The van der Waals surface area contributed by atoms with Gasteiger partial charge >= 0.3 is 0 Å². The molecule has 0 aromatic heterocycles. The second-order valence-electron chi connectivity index (χ2n) is 5.27. The summed E-state index contributed by atoms with van der Waals surface area (Å²) in [5.74, 6) is 0. The van der Waals surface area contributed by atoms with Crippen LogP contribution in [0.3, 0.4) is 0 Å². The maximum Gasteiger partial charge on any atom is 0.270 e. The Morgan fingerprint density at radius 3 is 2.40 bits per heavy atom. The summed E-state index contributed by atoms with van der Waals surface area (Å²) in [6.45, 7) is 1.79. The lowest BCUT2D eigenvalue weighted by atomic mass is 10.1. The molecule has 0 aliphatic heterocycles. The van der Waals surface area contributed by atoms with Crippen molar-refractivity contribution in [1.29, 1.82) is 0 Å². The van der Waals surface area contributed by atoms with E-state index in [1.807, 2.05) is 30.3 Å². The molecular formula is C16H20ClN3O4S. The van der Waals surface area contributed by atoms with E-state index in [1.54, 1.807) is 6.92 Å². The van der Waals surface area contributed by atoms with Crippen LogP contribution in [0.15, 0.2) is 53.4 Å². The molecule has 0 saturated carbocycles. The number of benzene rings is 2. The lowest BCUT2D eigenvalue weighted by Crippen LogP contribution is -2.32. The number of sulfonamides is 1. The van der Waals surface area contributed by atoms with Crippen molar-refractivity contribution in [3.8, 4) is 0 Å². The van der Waals surface area contributed by atoms with Crippen LogP contribution >= 0.6 is 12.4 Å². The van der Waals surface area contributed by atoms with Crippen molar-refractivity contribution in [3.05, 3.63) is 69.8 Å². The predicted octanol–water partition coefficient (Wildman–Crippen LogP) is 2.56. The fourth-order valence-electron chi connectivity index (χ4n) is 2.29. The van der Waals surface area contributed by atoms with Crippen LogP contribution in [0, 0.1) is 10.1 Å². The average Bonchev–Trinajstić information content (AvgIpc) is 2.59. The molecule has 3 N–H and O–H groups in total. The molecule has 1 unspecified atom stereocenters. The van der Waals surface area contributed by atoms with Crippen molar-refractivity contribution < 1.29 is 13.3 Å². The number of halogens is 1. The molecule has 136 valence electrons. The zero-order valence-electron chi connectivity index (χ0n) is 13.6. The summed E-state index contributed by atoms with van der Waals surface area (Å²) >= 11 is 0. The first kappa shape index (κ1) is 21.0. The predicted molar refractivity (Wildman–Crippen MR) is 98.3 cm³/mol. The molecular weight excluding hydrogens is 366 g/mol. The number of hydrogen-bond donors (Lipinski definition) is 2. The lowest BCUT2D eigenvalue weighted by Gasteiger charge is -2.15. The van der Waals surface area contributed by atoms with Crippen molar-refractivity contribution in [2.45, 2.75) is 24.3 Å². The minimum absolute atomic E-state index is 0. The van der Waals surface area contributed by atoms with Gasteiger partial charge in [-0.1, -0.05) is 43.3 Å². The summed E-state index contributed by atoms with van der Waals surface area (Å²) in [5, 5.41) is 10.9. The summed E-state index contributed by atoms with van der Waals surface area (Å²) in [4.78, 5) is 10.2. The first-order valence-corrected chi connectivity index (χ1v) is 8.91. The van der Waals surface area contributed by atoms with Crippen LogP contribution in [0.5, 0.6) is 0 Å². The van der Waals surface area contributed by atoms with Gasteiger partial charge < -0.3 is 5.73 Å². The molecule has 0 saturated heterocycles. The Balaban J connectivity index is 0.00000312. The van der Waals surface area contributed by atoms with E-state index in [4.69, 9.17) is 5.73 Å². The van der Waals surface area contributed by atoms with E-state index in [9.17, 15) is 18.5 Å². The second-order valence-corrected chi connectivity index (χ2v) is 7.01. The van der Waals surface area contributed by atoms with Crippen molar-refractivity contribution in [2.24, 2.45) is 5.73 Å². The molecule has 25 heavy (non-hydrogen) atoms. The molecule has 0 bridgehead atoms. The normalized spacial score (nSPS) is 12.2. The Bertz CT molecular complexity index is 829. The minimum Gasteiger partial charge on any atom is -0.323 e. The van der Waals surface area contributed by atoms with Crippen LogP contribution in [-0.2, 0) is 16.4 Å². The molecule has 0 heterocycles. The molecule has 0 fully saturated rings. The third-order valence-electron chi connectivity index (χ3n) is 3.65. The fraction of sp³-hybridized carbons (Fsp3) is 0.250. The summed E-state index contributed by atoms with van der Waals surface area (Å²) in [7, 11) is -3.90. The first-order chi connectivity index (χ1) is 11.3. The molecule has 0 aliphatic rings. The van der Waals surface area contributed by atoms with Gasteiger partial charge in [0.25, 0.3) is 5.69 Å². The van der Waals surface area contributed by atoms with Gasteiger partial charge in [0, 0.05) is 24.7 Å². The number of hydrogen-bond acceptors (Lipinski definition) is 5. The van der Waals surface area contributed by atoms with Gasteiger partial charge in [0.05, 0.1) is 9.82 Å². The van der Waals surface area contributed by atoms with Crippen LogP contribution in [0.2, 0.25) is 0 Å². The Morgan fingerprint density at radius 1 is 1.20 bits per heavy atom. The Morgan fingerprint density at radius 2 is 1.84 bits per heavy atom. The maximum atomic E-state index is 12.5. The average molecular weight is 386 g/mol. The minimum atomic E-state index is -3.90. The largest absolute Gasteiger partial charge is 0.323 e. The highest BCUT2D eigenvalue weighted by Crippen LogP contribution is 2.23.